The van der Waals surface area contributed by atoms with Gasteiger partial charge in [0.05, 0.1) is 25.7 Å². The van der Waals surface area contributed by atoms with Crippen LogP contribution in [0.15, 0.2) is 0 Å². The van der Waals surface area contributed by atoms with Crippen LogP contribution in [0.5, 0.6) is 0 Å². The highest BCUT2D eigenvalue weighted by Crippen LogP contribution is 2.54. The van der Waals surface area contributed by atoms with Gasteiger partial charge in [-0.1, -0.05) is 0 Å². The van der Waals surface area contributed by atoms with E-state index in [9.17, 15) is 59.1 Å². The summed E-state index contributed by atoms with van der Waals surface area (Å²) in [5.41, 5.74) is -5.10. The smallest absolute Gasteiger partial charge is 0.338 e. The molecule has 12 N–H and O–H groups in total. The molecular formula is C16H24N2O16. The molecule has 0 spiro atoms. The maximum absolute atomic E-state index is 12.8. The summed E-state index contributed by atoms with van der Waals surface area (Å²) in [5, 5.41) is 67.6. The Morgan fingerprint density at radius 3 is 1.29 bits per heavy atom. The minimum atomic E-state index is -4.46. The molecule has 0 aromatic heterocycles. The number of rotatable bonds is 16. The van der Waals surface area contributed by atoms with Gasteiger partial charge in [0, 0.05) is 13.1 Å². The largest absolute Gasteiger partial charge is 0.481 e. The van der Waals surface area contributed by atoms with E-state index in [0.29, 0.717) is 0 Å². The van der Waals surface area contributed by atoms with Crippen LogP contribution in [-0.2, 0) is 38.4 Å². The fourth-order valence-corrected chi connectivity index (χ4v) is 3.41. The van der Waals surface area contributed by atoms with Crippen molar-refractivity contribution in [1.82, 2.24) is 5.48 Å². The molecule has 0 aromatic rings. The van der Waals surface area contributed by atoms with Crippen LogP contribution in [0.2, 0.25) is 0 Å². The summed E-state index contributed by atoms with van der Waals surface area (Å²) < 4.78 is 0. The Balaban J connectivity index is 0. The third kappa shape index (κ3) is 6.34. The number of carbonyl (C=O) groups is 7. The van der Waals surface area contributed by atoms with E-state index in [4.69, 9.17) is 15.9 Å². The number of carbonyl (C=O) groups excluding carboxylic acids is 1. The Labute approximate surface area is 188 Å². The number of carboxylic acid groups (broad SMARTS) is 6. The molecule has 0 saturated carbocycles. The van der Waals surface area contributed by atoms with Crippen molar-refractivity contribution < 1.29 is 79.6 Å². The molecule has 0 rings (SSSR count). The zero-order chi connectivity index (χ0) is 26.2. The van der Waals surface area contributed by atoms with Crippen LogP contribution in [-0.4, -0.2) is 102 Å². The molecular weight excluding hydrogens is 476 g/mol. The molecule has 1 unspecified atom stereocenters. The highest BCUT2D eigenvalue weighted by Gasteiger charge is 2.76. The standard InChI is InChI=1S/C16H22N2O15.H2O/c17-1-2-18-33-13(31)15(5-9(23)24,6-10(25)26)16(32,12(29)30)14(11(27)28,3-7(19)20)4-8(21)22;/h18,32H,1-6,17H2,(H,19,20)(H,21,22)(H,23,24)(H,25,26)(H,27,28)(H,29,30);1H2. The summed E-state index contributed by atoms with van der Waals surface area (Å²) in [4.78, 5) is 87.4. The van der Waals surface area contributed by atoms with Gasteiger partial charge >= 0.3 is 41.8 Å². The molecule has 0 aliphatic rings. The van der Waals surface area contributed by atoms with Crippen molar-refractivity contribution >= 4 is 41.8 Å². The summed E-state index contributed by atoms with van der Waals surface area (Å²) in [6.45, 7) is -0.583. The number of hydroxylamine groups is 1. The lowest BCUT2D eigenvalue weighted by Gasteiger charge is -2.48. The molecule has 194 valence electrons. The predicted octanol–water partition coefficient (Wildman–Crippen LogP) is -4.06. The fourth-order valence-electron chi connectivity index (χ4n) is 3.41. The van der Waals surface area contributed by atoms with E-state index in [1.807, 2.05) is 5.48 Å². The number of hydrogen-bond donors (Lipinski definition) is 9. The lowest BCUT2D eigenvalue weighted by molar-refractivity contribution is -0.233. The second kappa shape index (κ2) is 12.4. The first-order valence-corrected chi connectivity index (χ1v) is 8.74. The number of aliphatic carboxylic acids is 6. The van der Waals surface area contributed by atoms with Crippen LogP contribution in [0, 0.1) is 10.8 Å². The van der Waals surface area contributed by atoms with Gasteiger partial charge in [-0.25, -0.2) is 9.59 Å². The average Bonchev–Trinajstić information content (AvgIpc) is 2.64. The van der Waals surface area contributed by atoms with Crippen molar-refractivity contribution in [2.45, 2.75) is 31.3 Å². The number of aliphatic hydroxyl groups is 1. The quantitative estimate of drug-likeness (QED) is 0.0718. The molecule has 0 radical (unpaired) electrons. The predicted molar refractivity (Wildman–Crippen MR) is 101 cm³/mol. The summed E-state index contributed by atoms with van der Waals surface area (Å²) in [7, 11) is 0. The minimum Gasteiger partial charge on any atom is -0.481 e. The van der Waals surface area contributed by atoms with Gasteiger partial charge in [-0.3, -0.25) is 24.0 Å². The summed E-state index contributed by atoms with van der Waals surface area (Å²) in [6, 6.07) is 0. The van der Waals surface area contributed by atoms with Gasteiger partial charge < -0.3 is 51.8 Å². The van der Waals surface area contributed by atoms with Crippen LogP contribution in [0.3, 0.4) is 0 Å². The number of nitrogens with two attached hydrogens (primary N) is 1. The maximum Gasteiger partial charge on any atom is 0.338 e. The highest BCUT2D eigenvalue weighted by atomic mass is 16.7. The van der Waals surface area contributed by atoms with E-state index < -0.39 is 83.9 Å². The Morgan fingerprint density at radius 1 is 0.676 bits per heavy atom. The van der Waals surface area contributed by atoms with Gasteiger partial charge in [-0.2, -0.15) is 5.48 Å². The normalized spacial score (nSPS) is 13.0. The van der Waals surface area contributed by atoms with Crippen molar-refractivity contribution in [3.8, 4) is 0 Å². The zero-order valence-corrected chi connectivity index (χ0v) is 17.2. The van der Waals surface area contributed by atoms with E-state index in [2.05, 4.69) is 4.84 Å². The number of hydrogen-bond acceptors (Lipinski definition) is 11. The molecule has 0 saturated heterocycles. The highest BCUT2D eigenvalue weighted by molar-refractivity contribution is 6.01. The van der Waals surface area contributed by atoms with Gasteiger partial charge in [-0.15, -0.1) is 0 Å². The summed E-state index contributed by atoms with van der Waals surface area (Å²) in [6.07, 6.45) is -7.77. The zero-order valence-electron chi connectivity index (χ0n) is 17.2. The molecule has 0 aromatic carbocycles. The molecule has 0 heterocycles. The van der Waals surface area contributed by atoms with E-state index in [1.165, 1.54) is 0 Å². The van der Waals surface area contributed by atoms with Crippen molar-refractivity contribution in [3.05, 3.63) is 0 Å². The third-order valence-corrected chi connectivity index (χ3v) is 4.72. The first-order chi connectivity index (χ1) is 15.0. The van der Waals surface area contributed by atoms with Gasteiger partial charge in [0.1, 0.15) is 10.8 Å². The van der Waals surface area contributed by atoms with Gasteiger partial charge in [0.15, 0.2) is 5.60 Å². The van der Waals surface area contributed by atoms with Gasteiger partial charge in [0.2, 0.25) is 0 Å². The third-order valence-electron chi connectivity index (χ3n) is 4.72. The molecule has 0 bridgehead atoms. The molecule has 18 heteroatoms. The molecule has 18 nitrogen and oxygen atoms in total. The van der Waals surface area contributed by atoms with Crippen molar-refractivity contribution in [2.75, 3.05) is 13.1 Å². The second-order valence-electron chi connectivity index (χ2n) is 6.84. The molecule has 1 atom stereocenters. The van der Waals surface area contributed by atoms with Crippen LogP contribution < -0.4 is 11.2 Å². The summed E-state index contributed by atoms with van der Waals surface area (Å²) in [5.74, 6) is -16.1. The Morgan fingerprint density at radius 2 is 1.03 bits per heavy atom. The topological polar surface area (TPSA) is 340 Å². The number of carboxylic acids is 6. The Bertz CT molecular complexity index is 807. The molecule has 0 amide bonds. The molecule has 0 aliphatic carbocycles. The average molecular weight is 500 g/mol. The van der Waals surface area contributed by atoms with Gasteiger partial charge in [-0.05, 0) is 0 Å². The minimum absolute atomic E-state index is 0. The SMILES string of the molecule is NCCNOC(=O)C(CC(=O)O)(CC(=O)O)C(O)(C(=O)O)C(CC(=O)O)(CC(=O)O)C(=O)O.O. The van der Waals surface area contributed by atoms with Crippen molar-refractivity contribution in [1.29, 1.82) is 0 Å². The van der Waals surface area contributed by atoms with E-state index >= 15 is 0 Å². The van der Waals surface area contributed by atoms with Crippen molar-refractivity contribution in [3.63, 3.8) is 0 Å². The monoisotopic (exact) mass is 500 g/mol. The summed E-state index contributed by atoms with van der Waals surface area (Å²) >= 11 is 0. The second-order valence-corrected chi connectivity index (χ2v) is 6.84. The van der Waals surface area contributed by atoms with E-state index in [0.717, 1.165) is 0 Å². The fraction of sp³-hybridized carbons (Fsp3) is 0.562. The van der Waals surface area contributed by atoms with E-state index in [1.54, 1.807) is 0 Å². The first-order valence-electron chi connectivity index (χ1n) is 8.74. The van der Waals surface area contributed by atoms with Crippen LogP contribution >= 0.6 is 0 Å². The molecule has 0 aliphatic heterocycles. The lowest BCUT2D eigenvalue weighted by atomic mass is 9.53. The lowest BCUT2D eigenvalue weighted by Crippen LogP contribution is -2.71. The Hall–Kier alpha value is -3.87. The van der Waals surface area contributed by atoms with Crippen LogP contribution in [0.25, 0.3) is 0 Å². The van der Waals surface area contributed by atoms with E-state index in [-0.39, 0.29) is 18.6 Å². The molecule has 0 fully saturated rings. The maximum atomic E-state index is 12.8. The first kappa shape index (κ1) is 32.3. The Kier molecular flexibility index (Phi) is 11.8. The van der Waals surface area contributed by atoms with Gasteiger partial charge in [0.25, 0.3) is 0 Å². The van der Waals surface area contributed by atoms with Crippen LogP contribution in [0.4, 0.5) is 0 Å². The van der Waals surface area contributed by atoms with Crippen LogP contribution in [0.1, 0.15) is 25.7 Å². The van der Waals surface area contributed by atoms with Crippen molar-refractivity contribution in [2.24, 2.45) is 16.6 Å². The molecule has 34 heavy (non-hydrogen) atoms. The number of nitrogens with one attached hydrogen (secondary N) is 1.